The van der Waals surface area contributed by atoms with E-state index in [1.54, 1.807) is 24.3 Å². The first-order chi connectivity index (χ1) is 9.29. The predicted molar refractivity (Wildman–Crippen MR) is 75.0 cm³/mol. The number of hydrogen-bond acceptors (Lipinski definition) is 3. The van der Waals surface area contributed by atoms with Crippen molar-refractivity contribution in [3.8, 4) is 6.07 Å². The van der Waals surface area contributed by atoms with E-state index in [0.29, 0.717) is 23.6 Å². The molecule has 1 unspecified atom stereocenters. The summed E-state index contributed by atoms with van der Waals surface area (Å²) < 4.78 is 0. The second kappa shape index (κ2) is 7.06. The molecule has 19 heavy (non-hydrogen) atoms. The summed E-state index contributed by atoms with van der Waals surface area (Å²) >= 11 is 0. The third-order valence-corrected chi connectivity index (χ3v) is 3.66. The van der Waals surface area contributed by atoms with Crippen LogP contribution in [0.15, 0.2) is 24.3 Å². The maximum absolute atomic E-state index is 12.2. The van der Waals surface area contributed by atoms with E-state index in [1.165, 1.54) is 25.7 Å². The van der Waals surface area contributed by atoms with Crippen molar-refractivity contribution >= 4 is 5.78 Å². The van der Waals surface area contributed by atoms with Gasteiger partial charge in [0.25, 0.3) is 0 Å². The van der Waals surface area contributed by atoms with Crippen LogP contribution in [0.1, 0.15) is 54.4 Å². The lowest BCUT2D eigenvalue weighted by Gasteiger charge is -2.20. The summed E-state index contributed by atoms with van der Waals surface area (Å²) in [5.74, 6) is 0.134. The lowest BCUT2D eigenvalue weighted by molar-refractivity contribution is 0.0966. The average molecular weight is 256 g/mol. The largest absolute Gasteiger partial charge is 0.314 e. The number of carbonyl (C=O) groups excluding carboxylic acids is 1. The number of rotatable bonds is 3. The van der Waals surface area contributed by atoms with Crippen molar-refractivity contribution in [1.82, 2.24) is 5.32 Å². The second-order valence-electron chi connectivity index (χ2n) is 5.17. The molecule has 0 bridgehead atoms. The van der Waals surface area contributed by atoms with Crippen LogP contribution in [-0.4, -0.2) is 18.4 Å². The van der Waals surface area contributed by atoms with Gasteiger partial charge in [0.1, 0.15) is 0 Å². The third kappa shape index (κ3) is 4.18. The number of ketones is 1. The summed E-state index contributed by atoms with van der Waals surface area (Å²) in [6.07, 6.45) is 6.57. The van der Waals surface area contributed by atoms with Crippen LogP contribution >= 0.6 is 0 Å². The van der Waals surface area contributed by atoms with Crippen molar-refractivity contribution in [2.75, 3.05) is 6.54 Å². The number of nitrogens with one attached hydrogen (secondary N) is 1. The summed E-state index contributed by atoms with van der Waals surface area (Å²) in [5, 5.41) is 12.3. The standard InChI is InChI=1S/C16H20N2O/c17-12-13-6-5-7-14(10-13)16(19)11-15-8-3-1-2-4-9-18-15/h5-7,10,15,18H,1-4,8-9,11H2. The SMILES string of the molecule is N#Cc1cccc(C(=O)CC2CCCCCCN2)c1. The molecule has 1 heterocycles. The fourth-order valence-electron chi connectivity index (χ4n) is 2.56. The van der Waals surface area contributed by atoms with Gasteiger partial charge < -0.3 is 5.32 Å². The fraction of sp³-hybridized carbons (Fsp3) is 0.500. The van der Waals surface area contributed by atoms with Crippen LogP contribution in [0.4, 0.5) is 0 Å². The molecule has 3 nitrogen and oxygen atoms in total. The summed E-state index contributed by atoms with van der Waals surface area (Å²) in [6.45, 7) is 1.01. The highest BCUT2D eigenvalue weighted by atomic mass is 16.1. The minimum atomic E-state index is 0.134. The van der Waals surface area contributed by atoms with Crippen molar-refractivity contribution < 1.29 is 4.79 Å². The lowest BCUT2D eigenvalue weighted by atomic mass is 9.96. The molecule has 0 radical (unpaired) electrons. The summed E-state index contributed by atoms with van der Waals surface area (Å²) in [7, 11) is 0. The molecule has 1 atom stereocenters. The molecule has 0 spiro atoms. The fourth-order valence-corrected chi connectivity index (χ4v) is 2.56. The van der Waals surface area contributed by atoms with Gasteiger partial charge in [-0.3, -0.25) is 4.79 Å². The van der Waals surface area contributed by atoms with Crippen LogP contribution in [0.3, 0.4) is 0 Å². The van der Waals surface area contributed by atoms with E-state index in [2.05, 4.69) is 11.4 Å². The van der Waals surface area contributed by atoms with Crippen molar-refractivity contribution in [1.29, 1.82) is 5.26 Å². The first-order valence-electron chi connectivity index (χ1n) is 7.06. The van der Waals surface area contributed by atoms with Gasteiger partial charge in [0, 0.05) is 18.0 Å². The van der Waals surface area contributed by atoms with Crippen LogP contribution in [0.2, 0.25) is 0 Å². The highest BCUT2D eigenvalue weighted by Crippen LogP contribution is 2.15. The van der Waals surface area contributed by atoms with Gasteiger partial charge in [0.15, 0.2) is 5.78 Å². The van der Waals surface area contributed by atoms with Crippen LogP contribution in [0.5, 0.6) is 0 Å². The van der Waals surface area contributed by atoms with Gasteiger partial charge in [-0.05, 0) is 31.5 Å². The monoisotopic (exact) mass is 256 g/mol. The minimum absolute atomic E-state index is 0.134. The van der Waals surface area contributed by atoms with Crippen molar-refractivity contribution in [3.63, 3.8) is 0 Å². The molecule has 0 amide bonds. The topological polar surface area (TPSA) is 52.9 Å². The minimum Gasteiger partial charge on any atom is -0.314 e. The molecule has 100 valence electrons. The molecule has 0 aliphatic carbocycles. The van der Waals surface area contributed by atoms with E-state index in [0.717, 1.165) is 13.0 Å². The van der Waals surface area contributed by atoms with E-state index in [4.69, 9.17) is 5.26 Å². The number of nitriles is 1. The van der Waals surface area contributed by atoms with Crippen molar-refractivity contribution in [2.45, 2.75) is 44.6 Å². The number of benzene rings is 1. The molecular weight excluding hydrogens is 236 g/mol. The van der Waals surface area contributed by atoms with E-state index >= 15 is 0 Å². The number of Topliss-reactive ketones (excluding diaryl/α,β-unsaturated/α-hetero) is 1. The van der Waals surface area contributed by atoms with Gasteiger partial charge in [-0.25, -0.2) is 0 Å². The molecule has 1 aliphatic heterocycles. The maximum Gasteiger partial charge on any atom is 0.164 e. The van der Waals surface area contributed by atoms with Gasteiger partial charge >= 0.3 is 0 Å². The Morgan fingerprint density at radius 1 is 1.32 bits per heavy atom. The Kier molecular flexibility index (Phi) is 5.11. The Hall–Kier alpha value is -1.66. The van der Waals surface area contributed by atoms with Gasteiger partial charge in [-0.2, -0.15) is 5.26 Å². The van der Waals surface area contributed by atoms with E-state index < -0.39 is 0 Å². The predicted octanol–water partition coefficient (Wildman–Crippen LogP) is 3.05. The molecule has 1 aliphatic rings. The van der Waals surface area contributed by atoms with Gasteiger partial charge in [0.05, 0.1) is 11.6 Å². The Bertz CT molecular complexity index is 468. The van der Waals surface area contributed by atoms with Crippen LogP contribution in [0.25, 0.3) is 0 Å². The Morgan fingerprint density at radius 2 is 2.16 bits per heavy atom. The average Bonchev–Trinajstić information content (AvgIpc) is 2.41. The molecule has 2 rings (SSSR count). The van der Waals surface area contributed by atoms with Gasteiger partial charge in [-0.1, -0.05) is 31.4 Å². The lowest BCUT2D eigenvalue weighted by Crippen LogP contribution is -2.33. The second-order valence-corrected chi connectivity index (χ2v) is 5.17. The molecular formula is C16H20N2O. The zero-order valence-corrected chi connectivity index (χ0v) is 11.2. The van der Waals surface area contributed by atoms with E-state index in [-0.39, 0.29) is 5.78 Å². The normalized spacial score (nSPS) is 20.1. The van der Waals surface area contributed by atoms with E-state index in [9.17, 15) is 4.79 Å². The van der Waals surface area contributed by atoms with Crippen LogP contribution in [-0.2, 0) is 0 Å². The molecule has 3 heteroatoms. The number of carbonyl (C=O) groups is 1. The number of hydrogen-bond donors (Lipinski definition) is 1. The first-order valence-corrected chi connectivity index (χ1v) is 7.06. The quantitative estimate of drug-likeness (QED) is 0.846. The summed E-state index contributed by atoms with van der Waals surface area (Å²) in [5.41, 5.74) is 1.21. The Balaban J connectivity index is 1.97. The molecule has 0 saturated carbocycles. The highest BCUT2D eigenvalue weighted by molar-refractivity contribution is 5.96. The van der Waals surface area contributed by atoms with Crippen LogP contribution in [0, 0.1) is 11.3 Å². The first kappa shape index (κ1) is 13.8. The van der Waals surface area contributed by atoms with Gasteiger partial charge in [0.2, 0.25) is 0 Å². The van der Waals surface area contributed by atoms with Gasteiger partial charge in [-0.15, -0.1) is 0 Å². The summed E-state index contributed by atoms with van der Waals surface area (Å²) in [4.78, 5) is 12.2. The molecule has 1 fully saturated rings. The smallest absolute Gasteiger partial charge is 0.164 e. The molecule has 1 saturated heterocycles. The molecule has 1 N–H and O–H groups in total. The van der Waals surface area contributed by atoms with Crippen molar-refractivity contribution in [2.24, 2.45) is 0 Å². The zero-order chi connectivity index (χ0) is 13.5. The third-order valence-electron chi connectivity index (χ3n) is 3.66. The molecule has 0 aromatic heterocycles. The van der Waals surface area contributed by atoms with Crippen LogP contribution < -0.4 is 5.32 Å². The van der Waals surface area contributed by atoms with E-state index in [1.807, 2.05) is 0 Å². The number of nitrogens with zero attached hydrogens (tertiary/aromatic N) is 1. The Labute approximate surface area is 114 Å². The maximum atomic E-state index is 12.2. The summed E-state index contributed by atoms with van der Waals surface area (Å²) in [6, 6.07) is 9.35. The molecule has 1 aromatic carbocycles. The van der Waals surface area contributed by atoms with Crippen molar-refractivity contribution in [3.05, 3.63) is 35.4 Å². The highest BCUT2D eigenvalue weighted by Gasteiger charge is 2.16. The Morgan fingerprint density at radius 3 is 3.00 bits per heavy atom. The molecule has 1 aromatic rings. The zero-order valence-electron chi connectivity index (χ0n) is 11.2.